The van der Waals surface area contributed by atoms with Gasteiger partial charge in [0.2, 0.25) is 0 Å². The van der Waals surface area contributed by atoms with Gasteiger partial charge in [0, 0.05) is 26.4 Å². The van der Waals surface area contributed by atoms with Gasteiger partial charge < -0.3 is 9.05 Å². The van der Waals surface area contributed by atoms with Gasteiger partial charge in [0.15, 0.2) is 0 Å². The highest BCUT2D eigenvalue weighted by Gasteiger charge is 2.25. The lowest BCUT2D eigenvalue weighted by Gasteiger charge is -2.12. The van der Waals surface area contributed by atoms with Crippen molar-refractivity contribution in [2.24, 2.45) is 0 Å². The Balaban J connectivity index is 3.21. The molecule has 0 aliphatic rings. The van der Waals surface area contributed by atoms with Crippen LogP contribution >= 0.6 is 7.60 Å². The molecule has 0 aromatic heterocycles. The summed E-state index contributed by atoms with van der Waals surface area (Å²) in [5, 5.41) is 10.7. The third kappa shape index (κ3) is 2.41. The monoisotopic (exact) mass is 231 g/mol. The molecule has 15 heavy (non-hydrogen) atoms. The van der Waals surface area contributed by atoms with Crippen LogP contribution in [0.3, 0.4) is 0 Å². The Morgan fingerprint density at radius 2 is 1.93 bits per heavy atom. The van der Waals surface area contributed by atoms with Gasteiger partial charge in [-0.15, -0.1) is 0 Å². The normalized spacial score (nSPS) is 11.3. The van der Waals surface area contributed by atoms with Crippen LogP contribution in [-0.2, 0) is 13.6 Å². The highest BCUT2D eigenvalue weighted by Crippen LogP contribution is 2.45. The van der Waals surface area contributed by atoms with Crippen LogP contribution < -0.4 is 5.30 Å². The second-order valence-electron chi connectivity index (χ2n) is 2.64. The van der Waals surface area contributed by atoms with E-state index in [-0.39, 0.29) is 11.0 Å². The van der Waals surface area contributed by atoms with Gasteiger partial charge in [-0.25, -0.2) is 0 Å². The van der Waals surface area contributed by atoms with Gasteiger partial charge in [-0.1, -0.05) is 6.07 Å². The molecular weight excluding hydrogens is 221 g/mol. The lowest BCUT2D eigenvalue weighted by atomic mass is 10.3. The summed E-state index contributed by atoms with van der Waals surface area (Å²) in [6.07, 6.45) is 0. The molecule has 0 bridgehead atoms. The predicted molar refractivity (Wildman–Crippen MR) is 54.4 cm³/mol. The number of rotatable bonds is 4. The maximum atomic E-state index is 11.9. The summed E-state index contributed by atoms with van der Waals surface area (Å²) in [6, 6.07) is 5.37. The molecule has 0 saturated heterocycles. The molecule has 0 saturated carbocycles. The van der Waals surface area contributed by atoms with Crippen molar-refractivity contribution in [3.8, 4) is 0 Å². The number of hydrogen-bond donors (Lipinski definition) is 0. The SMILES string of the molecule is COP(=O)(OC)c1cccc([N+](=O)[O-])c1. The first-order chi connectivity index (χ1) is 7.03. The van der Waals surface area contributed by atoms with Crippen molar-refractivity contribution in [2.45, 2.75) is 0 Å². The standard InChI is InChI=1S/C8H10NO5P/c1-13-15(12,14-2)8-5-3-4-7(6-8)9(10)11/h3-6H,1-2H3. The second-order valence-corrected chi connectivity index (χ2v) is 4.88. The fourth-order valence-corrected chi connectivity index (χ4v) is 2.19. The van der Waals surface area contributed by atoms with Crippen molar-refractivity contribution in [1.82, 2.24) is 0 Å². The average Bonchev–Trinajstić information content (AvgIpc) is 2.28. The fraction of sp³-hybridized carbons (Fsp3) is 0.250. The van der Waals surface area contributed by atoms with E-state index in [1.807, 2.05) is 0 Å². The molecule has 0 aliphatic heterocycles. The van der Waals surface area contributed by atoms with Crippen molar-refractivity contribution in [2.75, 3.05) is 14.2 Å². The van der Waals surface area contributed by atoms with E-state index in [0.717, 1.165) is 0 Å². The predicted octanol–water partition coefficient (Wildman–Crippen LogP) is 1.71. The molecule has 0 aliphatic carbocycles. The molecule has 7 heteroatoms. The van der Waals surface area contributed by atoms with Crippen LogP contribution in [0.1, 0.15) is 0 Å². The molecule has 0 N–H and O–H groups in total. The second kappa shape index (κ2) is 4.53. The molecular formula is C8H10NO5P. The largest absolute Gasteiger partial charge is 0.361 e. The Labute approximate surface area is 86.5 Å². The number of nitro groups is 1. The van der Waals surface area contributed by atoms with E-state index in [1.165, 1.54) is 38.5 Å². The van der Waals surface area contributed by atoms with Crippen LogP contribution in [0.4, 0.5) is 5.69 Å². The first kappa shape index (κ1) is 11.8. The summed E-state index contributed by atoms with van der Waals surface area (Å²) >= 11 is 0. The lowest BCUT2D eigenvalue weighted by molar-refractivity contribution is -0.384. The molecule has 0 unspecified atom stereocenters. The molecule has 0 amide bonds. The highest BCUT2D eigenvalue weighted by atomic mass is 31.2. The molecule has 1 aromatic rings. The molecule has 1 aromatic carbocycles. The Kier molecular flexibility index (Phi) is 3.57. The van der Waals surface area contributed by atoms with Crippen molar-refractivity contribution in [3.63, 3.8) is 0 Å². The van der Waals surface area contributed by atoms with Crippen LogP contribution in [0, 0.1) is 10.1 Å². The molecule has 0 atom stereocenters. The minimum Gasteiger partial charge on any atom is -0.309 e. The summed E-state index contributed by atoms with van der Waals surface area (Å²) in [7, 11) is -0.954. The number of benzene rings is 1. The number of nitro benzene ring substituents is 1. The topological polar surface area (TPSA) is 78.7 Å². The number of hydrogen-bond acceptors (Lipinski definition) is 5. The average molecular weight is 231 g/mol. The zero-order chi connectivity index (χ0) is 11.5. The van der Waals surface area contributed by atoms with E-state index in [4.69, 9.17) is 9.05 Å². The number of non-ortho nitro benzene ring substituents is 1. The van der Waals surface area contributed by atoms with Gasteiger partial charge in [-0.05, 0) is 6.07 Å². The molecule has 82 valence electrons. The lowest BCUT2D eigenvalue weighted by Crippen LogP contribution is -2.08. The minimum atomic E-state index is -3.40. The van der Waals surface area contributed by atoms with Crippen molar-refractivity contribution in [3.05, 3.63) is 34.4 Å². The van der Waals surface area contributed by atoms with E-state index >= 15 is 0 Å². The van der Waals surface area contributed by atoms with Crippen molar-refractivity contribution < 1.29 is 18.5 Å². The zero-order valence-corrected chi connectivity index (χ0v) is 9.14. The van der Waals surface area contributed by atoms with Gasteiger partial charge in [-0.3, -0.25) is 14.7 Å². The van der Waals surface area contributed by atoms with Crippen LogP contribution in [0.25, 0.3) is 0 Å². The van der Waals surface area contributed by atoms with Crippen molar-refractivity contribution >= 4 is 18.6 Å². The minimum absolute atomic E-state index is 0.151. The first-order valence-electron chi connectivity index (χ1n) is 4.00. The van der Waals surface area contributed by atoms with E-state index in [1.54, 1.807) is 0 Å². The summed E-state index contributed by atoms with van der Waals surface area (Å²) in [5.41, 5.74) is -0.151. The van der Waals surface area contributed by atoms with Gasteiger partial charge in [-0.2, -0.15) is 0 Å². The van der Waals surface area contributed by atoms with Gasteiger partial charge >= 0.3 is 7.60 Å². The fourth-order valence-electron chi connectivity index (χ4n) is 1.06. The molecule has 0 fully saturated rings. The maximum absolute atomic E-state index is 11.9. The van der Waals surface area contributed by atoms with Crippen LogP contribution in [0.15, 0.2) is 24.3 Å². The summed E-state index contributed by atoms with van der Waals surface area (Å²) in [4.78, 5) is 9.92. The highest BCUT2D eigenvalue weighted by molar-refractivity contribution is 7.62. The van der Waals surface area contributed by atoms with E-state index in [2.05, 4.69) is 0 Å². The number of nitrogens with zero attached hydrogens (tertiary/aromatic N) is 1. The van der Waals surface area contributed by atoms with E-state index < -0.39 is 12.5 Å². The Hall–Kier alpha value is -1.23. The summed E-state index contributed by atoms with van der Waals surface area (Å²) in [6.45, 7) is 0. The van der Waals surface area contributed by atoms with Gasteiger partial charge in [0.25, 0.3) is 5.69 Å². The van der Waals surface area contributed by atoms with Crippen LogP contribution in [0.5, 0.6) is 0 Å². The zero-order valence-electron chi connectivity index (χ0n) is 8.25. The Morgan fingerprint density at radius 1 is 1.33 bits per heavy atom. The smallest absolute Gasteiger partial charge is 0.309 e. The van der Waals surface area contributed by atoms with Crippen LogP contribution in [0.2, 0.25) is 0 Å². The quantitative estimate of drug-likeness (QED) is 0.447. The summed E-state index contributed by atoms with van der Waals surface area (Å²) in [5.74, 6) is 0. The van der Waals surface area contributed by atoms with Crippen molar-refractivity contribution in [1.29, 1.82) is 0 Å². The first-order valence-corrected chi connectivity index (χ1v) is 5.54. The third-order valence-electron chi connectivity index (χ3n) is 1.84. The molecule has 1 rings (SSSR count). The molecule has 0 heterocycles. The Morgan fingerprint density at radius 3 is 2.40 bits per heavy atom. The molecule has 6 nitrogen and oxygen atoms in total. The summed E-state index contributed by atoms with van der Waals surface area (Å²) < 4.78 is 21.3. The Bertz CT molecular complexity index is 411. The maximum Gasteiger partial charge on any atom is 0.361 e. The van der Waals surface area contributed by atoms with E-state index in [9.17, 15) is 14.7 Å². The van der Waals surface area contributed by atoms with Gasteiger partial charge in [0.1, 0.15) is 0 Å². The van der Waals surface area contributed by atoms with E-state index in [0.29, 0.717) is 0 Å². The molecule has 0 spiro atoms. The third-order valence-corrected chi connectivity index (χ3v) is 3.71. The van der Waals surface area contributed by atoms with Crippen LogP contribution in [-0.4, -0.2) is 19.1 Å². The van der Waals surface area contributed by atoms with Gasteiger partial charge in [0.05, 0.1) is 10.2 Å². The molecule has 0 radical (unpaired) electrons.